The van der Waals surface area contributed by atoms with E-state index in [0.29, 0.717) is 11.6 Å². The van der Waals surface area contributed by atoms with Crippen LogP contribution in [0.4, 0.5) is 0 Å². The molecule has 2 aromatic heterocycles. The highest BCUT2D eigenvalue weighted by Gasteiger charge is 2.27. The summed E-state index contributed by atoms with van der Waals surface area (Å²) < 4.78 is 1.80. The van der Waals surface area contributed by atoms with Crippen LogP contribution < -0.4 is 0 Å². The number of carboxylic acids is 1. The summed E-state index contributed by atoms with van der Waals surface area (Å²) in [5.74, 6) is 0.221. The number of aromatic nitrogens is 3. The molecule has 0 atom stereocenters. The minimum absolute atomic E-state index is 0.0579. The maximum Gasteiger partial charge on any atom is 0.358 e. The van der Waals surface area contributed by atoms with E-state index in [0.717, 1.165) is 18.7 Å². The standard InChI is InChI=1S/C11H11N3O2/c15-11(16)8-10-12-5-2-6-14(10)9(13-8)7-3-1-4-7/h2,5-7H,1,3-4H2,(H,15,16). The van der Waals surface area contributed by atoms with Gasteiger partial charge in [-0.2, -0.15) is 0 Å². The lowest BCUT2D eigenvalue weighted by Gasteiger charge is -2.23. The van der Waals surface area contributed by atoms with Crippen LogP contribution in [0.15, 0.2) is 18.5 Å². The molecule has 0 amide bonds. The molecular formula is C11H11N3O2. The van der Waals surface area contributed by atoms with Gasteiger partial charge in [0.05, 0.1) is 0 Å². The predicted molar refractivity (Wildman–Crippen MR) is 56.5 cm³/mol. The molecule has 0 aliphatic heterocycles. The Morgan fingerprint density at radius 2 is 2.31 bits per heavy atom. The highest BCUT2D eigenvalue weighted by Crippen LogP contribution is 2.36. The Morgan fingerprint density at radius 3 is 2.94 bits per heavy atom. The van der Waals surface area contributed by atoms with E-state index in [2.05, 4.69) is 9.97 Å². The zero-order valence-corrected chi connectivity index (χ0v) is 8.63. The summed E-state index contributed by atoms with van der Waals surface area (Å²) in [7, 11) is 0. The van der Waals surface area contributed by atoms with Gasteiger partial charge in [-0.1, -0.05) is 6.42 Å². The molecule has 1 aliphatic rings. The molecule has 1 aliphatic carbocycles. The van der Waals surface area contributed by atoms with E-state index in [9.17, 15) is 4.79 Å². The van der Waals surface area contributed by atoms with Crippen molar-refractivity contribution in [1.29, 1.82) is 0 Å². The molecule has 0 radical (unpaired) electrons. The lowest BCUT2D eigenvalue weighted by molar-refractivity contribution is 0.0692. The fourth-order valence-corrected chi connectivity index (χ4v) is 2.05. The number of hydrogen-bond donors (Lipinski definition) is 1. The highest BCUT2D eigenvalue weighted by atomic mass is 16.4. The second kappa shape index (κ2) is 3.30. The van der Waals surface area contributed by atoms with Gasteiger partial charge in [-0.05, 0) is 18.9 Å². The Hall–Kier alpha value is -1.91. The number of carbonyl (C=O) groups is 1. The lowest BCUT2D eigenvalue weighted by Crippen LogP contribution is -2.12. The molecule has 1 saturated carbocycles. The molecule has 0 aromatic carbocycles. The van der Waals surface area contributed by atoms with Gasteiger partial charge in [0, 0.05) is 18.3 Å². The topological polar surface area (TPSA) is 67.5 Å². The van der Waals surface area contributed by atoms with Gasteiger partial charge >= 0.3 is 5.97 Å². The smallest absolute Gasteiger partial charge is 0.358 e. The number of nitrogens with zero attached hydrogens (tertiary/aromatic N) is 3. The third kappa shape index (κ3) is 1.21. The zero-order valence-electron chi connectivity index (χ0n) is 8.63. The third-order valence-electron chi connectivity index (χ3n) is 3.10. The minimum Gasteiger partial charge on any atom is -0.476 e. The van der Waals surface area contributed by atoms with Crippen LogP contribution in [0, 0.1) is 0 Å². The van der Waals surface area contributed by atoms with Crippen LogP contribution in [0.5, 0.6) is 0 Å². The monoisotopic (exact) mass is 217 g/mol. The Bertz CT molecular complexity index is 557. The molecule has 16 heavy (non-hydrogen) atoms. The number of fused-ring (bicyclic) bond motifs is 1. The molecule has 1 fully saturated rings. The normalized spacial score (nSPS) is 16.2. The molecule has 3 rings (SSSR count). The van der Waals surface area contributed by atoms with Crippen molar-refractivity contribution in [3.05, 3.63) is 30.0 Å². The summed E-state index contributed by atoms with van der Waals surface area (Å²) in [6.45, 7) is 0. The highest BCUT2D eigenvalue weighted by molar-refractivity contribution is 5.92. The summed E-state index contributed by atoms with van der Waals surface area (Å²) in [6, 6.07) is 1.79. The summed E-state index contributed by atoms with van der Waals surface area (Å²) >= 11 is 0. The first-order valence-corrected chi connectivity index (χ1v) is 5.33. The number of aromatic carboxylic acids is 1. The van der Waals surface area contributed by atoms with Crippen molar-refractivity contribution >= 4 is 11.6 Å². The molecule has 0 bridgehead atoms. The number of imidazole rings is 1. The molecule has 0 saturated heterocycles. The molecule has 2 heterocycles. The van der Waals surface area contributed by atoms with E-state index < -0.39 is 5.97 Å². The van der Waals surface area contributed by atoms with Gasteiger partial charge in [-0.3, -0.25) is 4.40 Å². The number of hydrogen-bond acceptors (Lipinski definition) is 3. The van der Waals surface area contributed by atoms with Gasteiger partial charge < -0.3 is 5.11 Å². The average molecular weight is 217 g/mol. The van der Waals surface area contributed by atoms with Gasteiger partial charge in [0.15, 0.2) is 11.3 Å². The first-order chi connectivity index (χ1) is 7.77. The van der Waals surface area contributed by atoms with Gasteiger partial charge in [0.2, 0.25) is 0 Å². The molecule has 2 aromatic rings. The number of rotatable bonds is 2. The van der Waals surface area contributed by atoms with Crippen molar-refractivity contribution in [1.82, 2.24) is 14.4 Å². The van der Waals surface area contributed by atoms with E-state index in [1.807, 2.05) is 6.20 Å². The Labute approximate surface area is 91.8 Å². The number of carboxylic acid groups (broad SMARTS) is 1. The SMILES string of the molecule is O=C(O)c1nc(C2CCC2)n2cccnc12. The Kier molecular flexibility index (Phi) is 1.92. The molecule has 0 spiro atoms. The van der Waals surface area contributed by atoms with Crippen LogP contribution in [0.2, 0.25) is 0 Å². The largest absolute Gasteiger partial charge is 0.476 e. The van der Waals surface area contributed by atoms with Crippen LogP contribution in [0.3, 0.4) is 0 Å². The first-order valence-electron chi connectivity index (χ1n) is 5.33. The second-order valence-corrected chi connectivity index (χ2v) is 4.06. The van der Waals surface area contributed by atoms with Crippen LogP contribution in [-0.2, 0) is 0 Å². The van der Waals surface area contributed by atoms with Crippen molar-refractivity contribution in [2.75, 3.05) is 0 Å². The molecule has 5 nitrogen and oxygen atoms in total. The van der Waals surface area contributed by atoms with Crippen LogP contribution >= 0.6 is 0 Å². The summed E-state index contributed by atoms with van der Waals surface area (Å²) in [5.41, 5.74) is 0.499. The van der Waals surface area contributed by atoms with E-state index in [-0.39, 0.29) is 5.69 Å². The fourth-order valence-electron chi connectivity index (χ4n) is 2.05. The summed E-state index contributed by atoms with van der Waals surface area (Å²) in [4.78, 5) is 19.3. The van der Waals surface area contributed by atoms with Gasteiger partial charge in [-0.15, -0.1) is 0 Å². The van der Waals surface area contributed by atoms with Crippen LogP contribution in [0.1, 0.15) is 41.5 Å². The molecule has 82 valence electrons. The second-order valence-electron chi connectivity index (χ2n) is 4.06. The van der Waals surface area contributed by atoms with Gasteiger partial charge in [0.1, 0.15) is 5.82 Å². The zero-order chi connectivity index (χ0) is 11.1. The lowest BCUT2D eigenvalue weighted by atomic mass is 9.85. The van der Waals surface area contributed by atoms with Crippen LogP contribution in [0.25, 0.3) is 5.65 Å². The van der Waals surface area contributed by atoms with Crippen LogP contribution in [-0.4, -0.2) is 25.4 Å². The van der Waals surface area contributed by atoms with E-state index in [1.54, 1.807) is 16.7 Å². The minimum atomic E-state index is -1.01. The van der Waals surface area contributed by atoms with Crippen molar-refractivity contribution in [2.45, 2.75) is 25.2 Å². The molecule has 0 unspecified atom stereocenters. The Morgan fingerprint density at radius 1 is 1.50 bits per heavy atom. The third-order valence-corrected chi connectivity index (χ3v) is 3.10. The molecular weight excluding hydrogens is 206 g/mol. The van der Waals surface area contributed by atoms with Gasteiger partial charge in [0.25, 0.3) is 0 Å². The van der Waals surface area contributed by atoms with E-state index in [1.165, 1.54) is 6.42 Å². The fraction of sp³-hybridized carbons (Fsp3) is 0.364. The van der Waals surface area contributed by atoms with Crippen molar-refractivity contribution in [3.63, 3.8) is 0 Å². The quantitative estimate of drug-likeness (QED) is 0.831. The van der Waals surface area contributed by atoms with Crippen molar-refractivity contribution in [2.24, 2.45) is 0 Å². The van der Waals surface area contributed by atoms with Crippen molar-refractivity contribution < 1.29 is 9.90 Å². The van der Waals surface area contributed by atoms with E-state index in [4.69, 9.17) is 5.11 Å². The maximum atomic E-state index is 11.0. The first kappa shape index (κ1) is 9.33. The average Bonchev–Trinajstić information content (AvgIpc) is 2.56. The van der Waals surface area contributed by atoms with Crippen molar-refractivity contribution in [3.8, 4) is 0 Å². The van der Waals surface area contributed by atoms with E-state index >= 15 is 0 Å². The van der Waals surface area contributed by atoms with Gasteiger partial charge in [-0.25, -0.2) is 14.8 Å². The maximum absolute atomic E-state index is 11.0. The molecule has 5 heteroatoms. The summed E-state index contributed by atoms with van der Waals surface area (Å²) in [5, 5.41) is 9.05. The summed E-state index contributed by atoms with van der Waals surface area (Å²) in [6.07, 6.45) is 6.80. The molecule has 1 N–H and O–H groups in total. The predicted octanol–water partition coefficient (Wildman–Crippen LogP) is 1.69. The Balaban J connectivity index is 2.24.